The maximum atomic E-state index is 11.6. The highest BCUT2D eigenvalue weighted by atomic mass is 16.5. The molecule has 6 heteroatoms. The Hall–Kier alpha value is -2.34. The summed E-state index contributed by atoms with van der Waals surface area (Å²) in [5.74, 6) is 1.23. The molecule has 0 aliphatic carbocycles. The fraction of sp³-hybridized carbons (Fsp3) is 0.286. The van der Waals surface area contributed by atoms with Gasteiger partial charge in [0.15, 0.2) is 11.5 Å². The average Bonchev–Trinajstić information content (AvgIpc) is 2.46. The lowest BCUT2D eigenvalue weighted by atomic mass is 10.1. The number of nitrogens with zero attached hydrogens (tertiary/aromatic N) is 1. The minimum Gasteiger partial charge on any atom is -0.493 e. The Morgan fingerprint density at radius 3 is 2.50 bits per heavy atom. The van der Waals surface area contributed by atoms with Crippen LogP contribution < -0.4 is 20.8 Å². The second-order valence-corrected chi connectivity index (χ2v) is 4.40. The first kappa shape index (κ1) is 14.1. The highest BCUT2D eigenvalue weighted by molar-refractivity contribution is 5.64. The van der Waals surface area contributed by atoms with Gasteiger partial charge < -0.3 is 15.2 Å². The van der Waals surface area contributed by atoms with Crippen LogP contribution in [0, 0.1) is 0 Å². The summed E-state index contributed by atoms with van der Waals surface area (Å²) >= 11 is 0. The molecule has 0 saturated carbocycles. The van der Waals surface area contributed by atoms with Gasteiger partial charge in [0.25, 0.3) is 5.56 Å². The van der Waals surface area contributed by atoms with Gasteiger partial charge in [-0.15, -0.1) is 0 Å². The van der Waals surface area contributed by atoms with E-state index in [4.69, 9.17) is 15.2 Å². The van der Waals surface area contributed by atoms with Crippen molar-refractivity contribution in [1.82, 2.24) is 10.2 Å². The van der Waals surface area contributed by atoms with Crippen molar-refractivity contribution in [3.8, 4) is 22.8 Å². The minimum atomic E-state index is -0.361. The first-order valence-corrected chi connectivity index (χ1v) is 6.14. The zero-order chi connectivity index (χ0) is 14.7. The second kappa shape index (κ2) is 5.75. The van der Waals surface area contributed by atoms with E-state index in [1.165, 1.54) is 0 Å². The quantitative estimate of drug-likeness (QED) is 0.882. The van der Waals surface area contributed by atoms with Crippen LogP contribution in [0.2, 0.25) is 0 Å². The van der Waals surface area contributed by atoms with E-state index in [0.29, 0.717) is 22.8 Å². The zero-order valence-electron chi connectivity index (χ0n) is 11.6. The van der Waals surface area contributed by atoms with Crippen molar-refractivity contribution in [1.29, 1.82) is 0 Å². The minimum absolute atomic E-state index is 0.274. The Balaban J connectivity index is 2.51. The number of benzene rings is 1. The van der Waals surface area contributed by atoms with E-state index in [1.807, 2.05) is 6.07 Å². The van der Waals surface area contributed by atoms with Crippen molar-refractivity contribution in [3.63, 3.8) is 0 Å². The summed E-state index contributed by atoms with van der Waals surface area (Å²) < 4.78 is 10.4. The van der Waals surface area contributed by atoms with Crippen molar-refractivity contribution in [2.45, 2.75) is 13.0 Å². The van der Waals surface area contributed by atoms with E-state index in [0.717, 1.165) is 5.56 Å². The highest BCUT2D eigenvalue weighted by Gasteiger charge is 2.11. The van der Waals surface area contributed by atoms with Crippen molar-refractivity contribution < 1.29 is 9.47 Å². The van der Waals surface area contributed by atoms with Crippen molar-refractivity contribution in [3.05, 3.63) is 40.2 Å². The number of hydrogen-bond donors (Lipinski definition) is 2. The molecule has 0 fully saturated rings. The molecule has 0 aliphatic heterocycles. The summed E-state index contributed by atoms with van der Waals surface area (Å²) in [6.07, 6.45) is 0. The van der Waals surface area contributed by atoms with Gasteiger partial charge in [0, 0.05) is 17.2 Å². The number of H-pyrrole nitrogens is 1. The van der Waals surface area contributed by atoms with Crippen LogP contribution in [0.3, 0.4) is 0 Å². The molecule has 0 spiro atoms. The lowest BCUT2D eigenvalue weighted by molar-refractivity contribution is 0.355. The van der Waals surface area contributed by atoms with E-state index >= 15 is 0 Å². The molecule has 1 heterocycles. The van der Waals surface area contributed by atoms with Crippen LogP contribution in [-0.4, -0.2) is 24.4 Å². The number of aromatic amines is 1. The lowest BCUT2D eigenvalue weighted by Crippen LogP contribution is -2.20. The molecule has 0 amide bonds. The number of methoxy groups -OCH3 is 2. The largest absolute Gasteiger partial charge is 0.493 e. The molecule has 2 aromatic rings. The summed E-state index contributed by atoms with van der Waals surface area (Å²) in [5, 5.41) is 6.49. The van der Waals surface area contributed by atoms with Gasteiger partial charge >= 0.3 is 0 Å². The van der Waals surface area contributed by atoms with E-state index < -0.39 is 0 Å². The number of hydrogen-bond acceptors (Lipinski definition) is 5. The molecular formula is C14H17N3O3. The molecule has 3 N–H and O–H groups in total. The molecule has 1 atom stereocenters. The van der Waals surface area contributed by atoms with Crippen LogP contribution in [0.25, 0.3) is 11.3 Å². The fourth-order valence-corrected chi connectivity index (χ4v) is 1.90. The number of rotatable bonds is 4. The normalized spacial score (nSPS) is 12.0. The third-order valence-corrected chi connectivity index (χ3v) is 3.00. The number of aromatic nitrogens is 2. The summed E-state index contributed by atoms with van der Waals surface area (Å²) in [4.78, 5) is 11.6. The lowest BCUT2D eigenvalue weighted by Gasteiger charge is -2.10. The SMILES string of the molecule is COc1ccc(-c2cc(C(C)N)c(=O)[nH]n2)cc1OC. The van der Waals surface area contributed by atoms with Crippen LogP contribution in [-0.2, 0) is 0 Å². The molecule has 0 saturated heterocycles. The predicted octanol–water partition coefficient (Wildman–Crippen LogP) is 1.47. The van der Waals surface area contributed by atoms with E-state index in [2.05, 4.69) is 10.2 Å². The molecule has 2 rings (SSSR count). The van der Waals surface area contributed by atoms with Crippen LogP contribution >= 0.6 is 0 Å². The van der Waals surface area contributed by atoms with E-state index in [9.17, 15) is 4.79 Å². The third-order valence-electron chi connectivity index (χ3n) is 3.00. The maximum Gasteiger partial charge on any atom is 0.268 e. The summed E-state index contributed by atoms with van der Waals surface area (Å²) in [7, 11) is 3.14. The molecule has 1 aromatic carbocycles. The average molecular weight is 275 g/mol. The molecule has 0 aliphatic rings. The Bertz CT molecular complexity index is 665. The Morgan fingerprint density at radius 1 is 1.20 bits per heavy atom. The highest BCUT2D eigenvalue weighted by Crippen LogP contribution is 2.31. The summed E-state index contributed by atoms with van der Waals surface area (Å²) in [5.41, 5.74) is 7.42. The van der Waals surface area contributed by atoms with Crippen LogP contribution in [0.1, 0.15) is 18.5 Å². The fourth-order valence-electron chi connectivity index (χ4n) is 1.90. The van der Waals surface area contributed by atoms with E-state index in [1.54, 1.807) is 39.3 Å². The summed E-state index contributed by atoms with van der Waals surface area (Å²) in [6, 6.07) is 6.75. The van der Waals surface area contributed by atoms with Crippen molar-refractivity contribution in [2.24, 2.45) is 5.73 Å². The molecule has 106 valence electrons. The molecular weight excluding hydrogens is 258 g/mol. The van der Waals surface area contributed by atoms with Gasteiger partial charge in [0.1, 0.15) is 0 Å². The molecule has 20 heavy (non-hydrogen) atoms. The topological polar surface area (TPSA) is 90.2 Å². The Labute approximate surface area is 116 Å². The molecule has 6 nitrogen and oxygen atoms in total. The first-order valence-electron chi connectivity index (χ1n) is 6.14. The van der Waals surface area contributed by atoms with Gasteiger partial charge in [-0.25, -0.2) is 5.10 Å². The standard InChI is InChI=1S/C14H17N3O3/c1-8(15)10-7-11(16-17-14(10)18)9-4-5-12(19-2)13(6-9)20-3/h4-8H,15H2,1-3H3,(H,17,18). The number of ether oxygens (including phenoxy) is 2. The second-order valence-electron chi connectivity index (χ2n) is 4.40. The van der Waals surface area contributed by atoms with E-state index in [-0.39, 0.29) is 11.6 Å². The van der Waals surface area contributed by atoms with Gasteiger partial charge in [0.2, 0.25) is 0 Å². The molecule has 1 unspecified atom stereocenters. The molecule has 1 aromatic heterocycles. The predicted molar refractivity (Wildman–Crippen MR) is 76.0 cm³/mol. The van der Waals surface area contributed by atoms with Gasteiger partial charge in [-0.1, -0.05) is 0 Å². The van der Waals surface area contributed by atoms with Gasteiger partial charge in [0.05, 0.1) is 19.9 Å². The van der Waals surface area contributed by atoms with Crippen LogP contribution in [0.4, 0.5) is 0 Å². The third kappa shape index (κ3) is 2.65. The number of nitrogens with two attached hydrogens (primary N) is 1. The van der Waals surface area contributed by atoms with Crippen molar-refractivity contribution >= 4 is 0 Å². The Kier molecular flexibility index (Phi) is 4.05. The first-order chi connectivity index (χ1) is 9.56. The van der Waals surface area contributed by atoms with Gasteiger partial charge in [-0.2, -0.15) is 5.10 Å². The van der Waals surface area contributed by atoms with Crippen LogP contribution in [0.5, 0.6) is 11.5 Å². The van der Waals surface area contributed by atoms with Gasteiger partial charge in [-0.3, -0.25) is 4.79 Å². The smallest absolute Gasteiger partial charge is 0.268 e. The van der Waals surface area contributed by atoms with Gasteiger partial charge in [-0.05, 0) is 31.2 Å². The molecule has 0 bridgehead atoms. The van der Waals surface area contributed by atoms with Crippen LogP contribution in [0.15, 0.2) is 29.1 Å². The zero-order valence-corrected chi connectivity index (χ0v) is 11.6. The number of nitrogens with one attached hydrogen (secondary N) is 1. The monoisotopic (exact) mass is 275 g/mol. The molecule has 0 radical (unpaired) electrons. The summed E-state index contributed by atoms with van der Waals surface area (Å²) in [6.45, 7) is 1.75. The van der Waals surface area contributed by atoms with Crippen molar-refractivity contribution in [2.75, 3.05) is 14.2 Å². The maximum absolute atomic E-state index is 11.6. The Morgan fingerprint density at radius 2 is 1.90 bits per heavy atom.